The zero-order chi connectivity index (χ0) is 17.1. The van der Waals surface area contributed by atoms with Crippen LogP contribution < -0.4 is 15.5 Å². The molecule has 0 aliphatic carbocycles. The summed E-state index contributed by atoms with van der Waals surface area (Å²) in [6, 6.07) is 5.58. The van der Waals surface area contributed by atoms with E-state index in [4.69, 9.17) is 10.8 Å². The van der Waals surface area contributed by atoms with Crippen LogP contribution in [0.2, 0.25) is 0 Å². The fraction of sp³-hybridized carbons (Fsp3) is 0.333. The molecule has 9 heteroatoms. The highest BCUT2D eigenvalue weighted by atomic mass is 16.4. The van der Waals surface area contributed by atoms with Crippen LogP contribution in [0.3, 0.4) is 0 Å². The minimum atomic E-state index is -0.885. The Morgan fingerprint density at radius 2 is 1.96 bits per heavy atom. The van der Waals surface area contributed by atoms with Gasteiger partial charge in [0.1, 0.15) is 5.82 Å². The van der Waals surface area contributed by atoms with Crippen molar-refractivity contribution in [1.29, 1.82) is 0 Å². The molecule has 0 saturated carbocycles. The van der Waals surface area contributed by atoms with E-state index in [2.05, 4.69) is 19.9 Å². The predicted molar refractivity (Wildman–Crippen MR) is 90.6 cm³/mol. The molecule has 2 aromatic rings. The van der Waals surface area contributed by atoms with Crippen LogP contribution in [0.1, 0.15) is 0 Å². The molecule has 0 aromatic carbocycles. The second kappa shape index (κ2) is 6.57. The van der Waals surface area contributed by atoms with Gasteiger partial charge in [-0.15, -0.1) is 0 Å². The lowest BCUT2D eigenvalue weighted by molar-refractivity contribution is 0.142. The molecule has 3 rings (SSSR count). The molecule has 3 heterocycles. The van der Waals surface area contributed by atoms with Gasteiger partial charge in [0.05, 0.1) is 5.69 Å². The van der Waals surface area contributed by atoms with Gasteiger partial charge < -0.3 is 25.5 Å². The lowest BCUT2D eigenvalue weighted by Gasteiger charge is -2.35. The number of piperazine rings is 1. The lowest BCUT2D eigenvalue weighted by atomic mass is 10.2. The van der Waals surface area contributed by atoms with E-state index in [1.165, 1.54) is 4.90 Å². The number of nitrogens with two attached hydrogens (primary N) is 1. The third-order valence-electron chi connectivity index (χ3n) is 3.98. The number of carboxylic acid groups (broad SMARTS) is 1. The Bertz CT molecular complexity index is 731. The predicted octanol–water partition coefficient (Wildman–Crippen LogP) is 1.02. The fourth-order valence-electron chi connectivity index (χ4n) is 2.68. The Morgan fingerprint density at radius 1 is 1.21 bits per heavy atom. The SMILES string of the molecule is CN(c1ccnc(N)n1)c1cccnc1N1CCN(C(=O)O)CC1. The van der Waals surface area contributed by atoms with E-state index in [0.717, 1.165) is 11.5 Å². The molecule has 3 N–H and O–H groups in total. The maximum Gasteiger partial charge on any atom is 0.407 e. The van der Waals surface area contributed by atoms with Gasteiger partial charge in [-0.3, -0.25) is 0 Å². The standard InChI is InChI=1S/C15H19N7O2/c1-20(12-4-6-18-14(16)19-12)11-3-2-5-17-13(11)21-7-9-22(10-8-21)15(23)24/h2-6H,7-10H2,1H3,(H,23,24)(H2,16,18,19). The lowest BCUT2D eigenvalue weighted by Crippen LogP contribution is -2.48. The van der Waals surface area contributed by atoms with Crippen molar-refractivity contribution in [2.75, 3.05) is 48.8 Å². The number of pyridine rings is 1. The number of nitrogens with zero attached hydrogens (tertiary/aromatic N) is 6. The molecule has 2 aromatic heterocycles. The average molecular weight is 329 g/mol. The minimum Gasteiger partial charge on any atom is -0.465 e. The molecule has 1 saturated heterocycles. The minimum absolute atomic E-state index is 0.208. The van der Waals surface area contributed by atoms with Crippen LogP contribution in [0.15, 0.2) is 30.6 Å². The van der Waals surface area contributed by atoms with Gasteiger partial charge in [-0.25, -0.2) is 14.8 Å². The van der Waals surface area contributed by atoms with Gasteiger partial charge in [-0.2, -0.15) is 4.98 Å². The summed E-state index contributed by atoms with van der Waals surface area (Å²) < 4.78 is 0. The Balaban J connectivity index is 1.85. The van der Waals surface area contributed by atoms with E-state index < -0.39 is 6.09 Å². The van der Waals surface area contributed by atoms with Crippen LogP contribution >= 0.6 is 0 Å². The van der Waals surface area contributed by atoms with Crippen molar-refractivity contribution < 1.29 is 9.90 Å². The molecule has 1 fully saturated rings. The van der Waals surface area contributed by atoms with Crippen LogP contribution in [0, 0.1) is 0 Å². The van der Waals surface area contributed by atoms with Crippen molar-refractivity contribution in [2.24, 2.45) is 0 Å². The smallest absolute Gasteiger partial charge is 0.407 e. The van der Waals surface area contributed by atoms with Gasteiger partial charge in [0.2, 0.25) is 5.95 Å². The third-order valence-corrected chi connectivity index (χ3v) is 3.98. The molecule has 0 radical (unpaired) electrons. The zero-order valence-electron chi connectivity index (χ0n) is 13.3. The third kappa shape index (κ3) is 3.14. The number of anilines is 4. The first-order chi connectivity index (χ1) is 11.6. The van der Waals surface area contributed by atoms with Crippen molar-refractivity contribution >= 4 is 29.4 Å². The van der Waals surface area contributed by atoms with Crippen LogP contribution in [0.4, 0.5) is 28.1 Å². The summed E-state index contributed by atoms with van der Waals surface area (Å²) in [5, 5.41) is 9.07. The fourth-order valence-corrected chi connectivity index (χ4v) is 2.68. The number of carbonyl (C=O) groups is 1. The van der Waals surface area contributed by atoms with Crippen LogP contribution in [0.5, 0.6) is 0 Å². The first-order valence-corrected chi connectivity index (χ1v) is 7.56. The molecular weight excluding hydrogens is 310 g/mol. The van der Waals surface area contributed by atoms with Gasteiger partial charge in [0.25, 0.3) is 0 Å². The Labute approximate surface area is 139 Å². The monoisotopic (exact) mass is 329 g/mol. The number of rotatable bonds is 3. The van der Waals surface area contributed by atoms with Crippen molar-refractivity contribution in [3.8, 4) is 0 Å². The summed E-state index contributed by atoms with van der Waals surface area (Å²) in [6.45, 7) is 2.09. The molecule has 0 atom stereocenters. The molecule has 0 bridgehead atoms. The highest BCUT2D eigenvalue weighted by molar-refractivity contribution is 5.73. The van der Waals surface area contributed by atoms with Gasteiger partial charge >= 0.3 is 6.09 Å². The number of hydrogen-bond acceptors (Lipinski definition) is 7. The Hall–Kier alpha value is -3.10. The number of nitrogen functional groups attached to an aromatic ring is 1. The molecule has 0 unspecified atom stereocenters. The van der Waals surface area contributed by atoms with E-state index in [-0.39, 0.29) is 5.95 Å². The summed E-state index contributed by atoms with van der Waals surface area (Å²) in [7, 11) is 1.88. The average Bonchev–Trinajstić information content (AvgIpc) is 2.61. The second-order valence-corrected chi connectivity index (χ2v) is 5.43. The van der Waals surface area contributed by atoms with E-state index in [1.54, 1.807) is 18.5 Å². The Kier molecular flexibility index (Phi) is 4.32. The summed E-state index contributed by atoms with van der Waals surface area (Å²) >= 11 is 0. The molecule has 1 amide bonds. The molecule has 9 nitrogen and oxygen atoms in total. The summed E-state index contributed by atoms with van der Waals surface area (Å²) in [5.74, 6) is 1.67. The van der Waals surface area contributed by atoms with Crippen molar-refractivity contribution in [2.45, 2.75) is 0 Å². The quantitative estimate of drug-likeness (QED) is 0.858. The molecule has 0 spiro atoms. The van der Waals surface area contributed by atoms with Crippen LogP contribution in [0.25, 0.3) is 0 Å². The number of hydrogen-bond donors (Lipinski definition) is 2. The van der Waals surface area contributed by atoms with Gasteiger partial charge in [-0.1, -0.05) is 0 Å². The topological polar surface area (TPSA) is 112 Å². The molecule has 1 aliphatic heterocycles. The first kappa shape index (κ1) is 15.8. The summed E-state index contributed by atoms with van der Waals surface area (Å²) in [6.07, 6.45) is 2.45. The maximum absolute atomic E-state index is 11.0. The van der Waals surface area contributed by atoms with Crippen LogP contribution in [-0.2, 0) is 0 Å². The van der Waals surface area contributed by atoms with Gasteiger partial charge in [0.15, 0.2) is 5.82 Å². The van der Waals surface area contributed by atoms with Crippen molar-refractivity contribution in [3.63, 3.8) is 0 Å². The summed E-state index contributed by atoms with van der Waals surface area (Å²) in [5.41, 5.74) is 6.54. The van der Waals surface area contributed by atoms with Crippen molar-refractivity contribution in [1.82, 2.24) is 19.9 Å². The molecular formula is C15H19N7O2. The zero-order valence-corrected chi connectivity index (χ0v) is 13.3. The largest absolute Gasteiger partial charge is 0.465 e. The van der Waals surface area contributed by atoms with E-state index in [0.29, 0.717) is 32.0 Å². The Morgan fingerprint density at radius 3 is 2.62 bits per heavy atom. The second-order valence-electron chi connectivity index (χ2n) is 5.43. The molecule has 1 aliphatic rings. The van der Waals surface area contributed by atoms with E-state index in [9.17, 15) is 4.79 Å². The highest BCUT2D eigenvalue weighted by Gasteiger charge is 2.24. The van der Waals surface area contributed by atoms with Gasteiger partial charge in [0, 0.05) is 45.6 Å². The number of aromatic nitrogens is 3. The van der Waals surface area contributed by atoms with Gasteiger partial charge in [-0.05, 0) is 18.2 Å². The number of amides is 1. The molecule has 126 valence electrons. The first-order valence-electron chi connectivity index (χ1n) is 7.56. The highest BCUT2D eigenvalue weighted by Crippen LogP contribution is 2.31. The van der Waals surface area contributed by atoms with Crippen molar-refractivity contribution in [3.05, 3.63) is 30.6 Å². The summed E-state index contributed by atoms with van der Waals surface area (Å²) in [4.78, 5) is 29.1. The van der Waals surface area contributed by atoms with Crippen LogP contribution in [-0.4, -0.2) is 64.3 Å². The van der Waals surface area contributed by atoms with E-state index >= 15 is 0 Å². The normalized spacial score (nSPS) is 14.5. The maximum atomic E-state index is 11.0. The van der Waals surface area contributed by atoms with E-state index in [1.807, 2.05) is 24.1 Å². The molecule has 24 heavy (non-hydrogen) atoms.